The molecule has 1 heterocycles. The largest absolute Gasteiger partial charge is 0.135 e. The Balaban J connectivity index is 1.50. The minimum Gasteiger partial charge on any atom is -0.135 e. The molecule has 0 nitrogen and oxygen atoms in total. The molecule has 0 saturated heterocycles. The Morgan fingerprint density at radius 2 is 0.854 bits per heavy atom. The highest BCUT2D eigenvalue weighted by Crippen LogP contribution is 2.50. The molecule has 8 aromatic carbocycles. The van der Waals surface area contributed by atoms with Gasteiger partial charge in [-0.2, -0.15) is 0 Å². The second kappa shape index (κ2) is 8.76. The van der Waals surface area contributed by atoms with Gasteiger partial charge in [0.2, 0.25) is 0 Å². The van der Waals surface area contributed by atoms with E-state index in [1.807, 2.05) is 11.3 Å². The van der Waals surface area contributed by atoms with E-state index in [4.69, 9.17) is 0 Å². The fraction of sp³-hybridized carbons (Fsp3) is 0. The molecule has 1 aromatic heterocycles. The van der Waals surface area contributed by atoms with Crippen LogP contribution in [0.5, 0.6) is 0 Å². The van der Waals surface area contributed by atoms with Gasteiger partial charge >= 0.3 is 0 Å². The third kappa shape index (κ3) is 3.33. The summed E-state index contributed by atoms with van der Waals surface area (Å²) >= 11 is 1.92. The lowest BCUT2D eigenvalue weighted by atomic mass is 9.84. The molecule has 0 N–H and O–H groups in total. The summed E-state index contributed by atoms with van der Waals surface area (Å²) in [6, 6.07) is 53.7. The Labute approximate surface area is 241 Å². The van der Waals surface area contributed by atoms with Crippen molar-refractivity contribution in [3.8, 4) is 22.3 Å². The first-order valence-electron chi connectivity index (χ1n) is 14.1. The number of hydrogen-bond acceptors (Lipinski definition) is 1. The third-order valence-corrected chi connectivity index (χ3v) is 9.81. The molecule has 0 amide bonds. The number of rotatable bonds is 2. The molecule has 0 bridgehead atoms. The fourth-order valence-electron chi connectivity index (χ4n) is 6.82. The average molecular weight is 537 g/mol. The summed E-state index contributed by atoms with van der Waals surface area (Å²) in [7, 11) is 0. The highest BCUT2D eigenvalue weighted by Gasteiger charge is 2.21. The summed E-state index contributed by atoms with van der Waals surface area (Å²) in [5.74, 6) is 0. The van der Waals surface area contributed by atoms with Crippen LogP contribution >= 0.6 is 11.3 Å². The number of hydrogen-bond donors (Lipinski definition) is 0. The average Bonchev–Trinajstić information content (AvgIpc) is 3.41. The van der Waals surface area contributed by atoms with Crippen LogP contribution in [0.2, 0.25) is 0 Å². The molecule has 0 saturated carbocycles. The van der Waals surface area contributed by atoms with E-state index in [1.54, 1.807) is 0 Å². The zero-order valence-corrected chi connectivity index (χ0v) is 23.1. The van der Waals surface area contributed by atoms with E-state index in [1.165, 1.54) is 85.5 Å². The van der Waals surface area contributed by atoms with Gasteiger partial charge in [0.1, 0.15) is 0 Å². The molecule has 190 valence electrons. The van der Waals surface area contributed by atoms with Crippen LogP contribution in [0.25, 0.3) is 85.5 Å². The molecule has 0 aliphatic heterocycles. The summed E-state index contributed by atoms with van der Waals surface area (Å²) in [5.41, 5.74) is 5.23. The summed E-state index contributed by atoms with van der Waals surface area (Å²) in [5, 5.41) is 13.0. The van der Waals surface area contributed by atoms with Crippen LogP contribution in [0.4, 0.5) is 0 Å². The van der Waals surface area contributed by atoms with Gasteiger partial charge in [-0.25, -0.2) is 0 Å². The molecule has 0 aliphatic carbocycles. The molecule has 0 spiro atoms. The Morgan fingerprint density at radius 3 is 1.56 bits per heavy atom. The summed E-state index contributed by atoms with van der Waals surface area (Å²) in [6.07, 6.45) is 0. The number of thiophene rings is 1. The molecule has 41 heavy (non-hydrogen) atoms. The Bertz CT molecular complexity index is 2420. The SMILES string of the molecule is c1ccc2cc(-c3c4ccccc4c(-c4c5ccccc5cc5c4sc4ccccc45)c4ccccc34)ccc2c1. The lowest BCUT2D eigenvalue weighted by Gasteiger charge is -2.19. The van der Waals surface area contributed by atoms with E-state index in [9.17, 15) is 0 Å². The lowest BCUT2D eigenvalue weighted by Crippen LogP contribution is -1.92. The van der Waals surface area contributed by atoms with E-state index >= 15 is 0 Å². The number of benzene rings is 8. The molecular weight excluding hydrogens is 513 g/mol. The van der Waals surface area contributed by atoms with Gasteiger partial charge in [0, 0.05) is 25.7 Å². The van der Waals surface area contributed by atoms with E-state index in [2.05, 4.69) is 146 Å². The zero-order chi connectivity index (χ0) is 26.9. The second-order valence-electron chi connectivity index (χ2n) is 10.9. The standard InChI is InChI=1S/C40H24S/c1-2-12-26-23-28(22-21-25(26)11-1)37-31-16-5-7-18-33(31)38(34-19-8-6-17-32(34)37)39-29-14-4-3-13-27(29)24-35-30-15-9-10-20-36(30)41-40(35)39/h1-24H. The normalized spacial score (nSPS) is 11.9. The maximum absolute atomic E-state index is 2.39. The van der Waals surface area contributed by atoms with Crippen LogP contribution in [-0.4, -0.2) is 0 Å². The minimum absolute atomic E-state index is 1.26. The van der Waals surface area contributed by atoms with Crippen molar-refractivity contribution < 1.29 is 0 Å². The Morgan fingerprint density at radius 1 is 0.317 bits per heavy atom. The first kappa shape index (κ1) is 22.8. The van der Waals surface area contributed by atoms with Crippen molar-refractivity contribution in [1.82, 2.24) is 0 Å². The topological polar surface area (TPSA) is 0 Å². The predicted molar refractivity (Wildman–Crippen MR) is 180 cm³/mol. The minimum atomic E-state index is 1.26. The van der Waals surface area contributed by atoms with Crippen molar-refractivity contribution in [2.75, 3.05) is 0 Å². The summed E-state index contributed by atoms with van der Waals surface area (Å²) in [6.45, 7) is 0. The molecule has 9 rings (SSSR count). The van der Waals surface area contributed by atoms with E-state index < -0.39 is 0 Å². The monoisotopic (exact) mass is 536 g/mol. The maximum atomic E-state index is 2.39. The maximum Gasteiger partial charge on any atom is 0.0440 e. The van der Waals surface area contributed by atoms with Crippen molar-refractivity contribution in [3.63, 3.8) is 0 Å². The van der Waals surface area contributed by atoms with Crippen LogP contribution in [0.15, 0.2) is 146 Å². The molecule has 0 unspecified atom stereocenters. The van der Waals surface area contributed by atoms with Crippen LogP contribution in [-0.2, 0) is 0 Å². The van der Waals surface area contributed by atoms with Crippen molar-refractivity contribution >= 4 is 74.6 Å². The molecule has 0 radical (unpaired) electrons. The van der Waals surface area contributed by atoms with Gasteiger partial charge in [0.15, 0.2) is 0 Å². The smallest absolute Gasteiger partial charge is 0.0440 e. The zero-order valence-electron chi connectivity index (χ0n) is 22.3. The van der Waals surface area contributed by atoms with Crippen molar-refractivity contribution in [2.24, 2.45) is 0 Å². The van der Waals surface area contributed by atoms with Crippen molar-refractivity contribution in [3.05, 3.63) is 146 Å². The molecule has 0 fully saturated rings. The molecular formula is C40H24S. The van der Waals surface area contributed by atoms with Crippen LogP contribution in [0.1, 0.15) is 0 Å². The Kier molecular flexibility index (Phi) is 4.87. The van der Waals surface area contributed by atoms with E-state index in [0.717, 1.165) is 0 Å². The molecule has 0 aliphatic rings. The lowest BCUT2D eigenvalue weighted by molar-refractivity contribution is 1.69. The van der Waals surface area contributed by atoms with E-state index in [0.29, 0.717) is 0 Å². The first-order valence-corrected chi connectivity index (χ1v) is 14.9. The van der Waals surface area contributed by atoms with Gasteiger partial charge in [-0.05, 0) is 78.0 Å². The highest BCUT2D eigenvalue weighted by atomic mass is 32.1. The number of fused-ring (bicyclic) bond motifs is 7. The van der Waals surface area contributed by atoms with Gasteiger partial charge in [0.25, 0.3) is 0 Å². The second-order valence-corrected chi connectivity index (χ2v) is 11.9. The summed E-state index contributed by atoms with van der Waals surface area (Å²) in [4.78, 5) is 0. The van der Waals surface area contributed by atoms with Gasteiger partial charge in [-0.3, -0.25) is 0 Å². The van der Waals surface area contributed by atoms with Crippen LogP contribution < -0.4 is 0 Å². The van der Waals surface area contributed by atoms with Gasteiger partial charge in [0.05, 0.1) is 0 Å². The van der Waals surface area contributed by atoms with Crippen LogP contribution in [0.3, 0.4) is 0 Å². The van der Waals surface area contributed by atoms with Gasteiger partial charge < -0.3 is 0 Å². The Hall–Kier alpha value is -4.98. The quantitative estimate of drug-likeness (QED) is 0.193. The van der Waals surface area contributed by atoms with Crippen LogP contribution in [0, 0.1) is 0 Å². The third-order valence-electron chi connectivity index (χ3n) is 8.61. The predicted octanol–water partition coefficient (Wildman–Crippen LogP) is 12.0. The molecule has 9 aromatic rings. The molecule has 0 atom stereocenters. The molecule has 1 heteroatoms. The first-order chi connectivity index (χ1) is 20.3. The summed E-state index contributed by atoms with van der Waals surface area (Å²) < 4.78 is 2.69. The van der Waals surface area contributed by atoms with Crippen molar-refractivity contribution in [2.45, 2.75) is 0 Å². The van der Waals surface area contributed by atoms with E-state index in [-0.39, 0.29) is 0 Å². The fourth-order valence-corrected chi connectivity index (χ4v) is 8.07. The van der Waals surface area contributed by atoms with Crippen molar-refractivity contribution in [1.29, 1.82) is 0 Å². The highest BCUT2D eigenvalue weighted by molar-refractivity contribution is 7.26. The van der Waals surface area contributed by atoms with Gasteiger partial charge in [-0.15, -0.1) is 11.3 Å². The van der Waals surface area contributed by atoms with Gasteiger partial charge in [-0.1, -0.05) is 127 Å².